The maximum atomic E-state index is 12.3. The summed E-state index contributed by atoms with van der Waals surface area (Å²) in [4.78, 5) is 14.8. The van der Waals surface area contributed by atoms with Crippen molar-refractivity contribution in [1.82, 2.24) is 10.2 Å². The van der Waals surface area contributed by atoms with Gasteiger partial charge in [-0.2, -0.15) is 0 Å². The van der Waals surface area contributed by atoms with Crippen LogP contribution in [0.5, 0.6) is 0 Å². The Hall–Kier alpha value is -2.13. The van der Waals surface area contributed by atoms with Crippen molar-refractivity contribution in [2.24, 2.45) is 5.41 Å². The summed E-state index contributed by atoms with van der Waals surface area (Å²) in [5.41, 5.74) is 2.51. The fourth-order valence-corrected chi connectivity index (χ4v) is 3.93. The number of hydrogen-bond acceptors (Lipinski definition) is 2. The number of carbonyl (C=O) groups is 1. The summed E-state index contributed by atoms with van der Waals surface area (Å²) >= 11 is 0. The molecule has 1 aliphatic heterocycles. The van der Waals surface area contributed by atoms with E-state index in [1.807, 2.05) is 30.3 Å². The summed E-state index contributed by atoms with van der Waals surface area (Å²) in [5.74, 6) is 0.0733. The van der Waals surface area contributed by atoms with E-state index in [1.165, 1.54) is 18.4 Å². The van der Waals surface area contributed by atoms with Crippen LogP contribution in [0, 0.1) is 5.41 Å². The Bertz CT molecular complexity index is 690. The van der Waals surface area contributed by atoms with Crippen molar-refractivity contribution in [3.8, 4) is 0 Å². The monoisotopic (exact) mass is 320 g/mol. The first-order valence-corrected chi connectivity index (χ1v) is 8.87. The Morgan fingerprint density at radius 2 is 1.62 bits per heavy atom. The zero-order chi connectivity index (χ0) is 16.4. The van der Waals surface area contributed by atoms with Gasteiger partial charge in [-0.05, 0) is 55.5 Å². The van der Waals surface area contributed by atoms with Gasteiger partial charge in [0.2, 0.25) is 0 Å². The molecule has 1 amide bonds. The topological polar surface area (TPSA) is 32.3 Å². The molecule has 124 valence electrons. The highest BCUT2D eigenvalue weighted by Crippen LogP contribution is 2.54. The number of nitrogens with zero attached hydrogens (tertiary/aromatic N) is 1. The van der Waals surface area contributed by atoms with Gasteiger partial charge in [0, 0.05) is 18.2 Å². The average molecular weight is 320 g/mol. The summed E-state index contributed by atoms with van der Waals surface area (Å²) in [6, 6.07) is 20.6. The van der Waals surface area contributed by atoms with E-state index in [4.69, 9.17) is 0 Å². The van der Waals surface area contributed by atoms with Gasteiger partial charge >= 0.3 is 0 Å². The Balaban J connectivity index is 1.28. The van der Waals surface area contributed by atoms with E-state index >= 15 is 0 Å². The van der Waals surface area contributed by atoms with E-state index in [-0.39, 0.29) is 5.91 Å². The molecule has 0 aromatic heterocycles. The maximum Gasteiger partial charge on any atom is 0.251 e. The van der Waals surface area contributed by atoms with Gasteiger partial charge in [0.1, 0.15) is 0 Å². The standard InChI is InChI=1S/C21H24N2O/c24-20(18-9-5-2-6-10-18)22-19-15-21(19)11-13-23(14-12-21)16-17-7-3-1-4-8-17/h1-10,19H,11-16H2,(H,22,24). The van der Waals surface area contributed by atoms with Crippen molar-refractivity contribution in [2.75, 3.05) is 13.1 Å². The molecule has 1 saturated heterocycles. The number of amides is 1. The van der Waals surface area contributed by atoms with Crippen molar-refractivity contribution in [3.63, 3.8) is 0 Å². The van der Waals surface area contributed by atoms with Crippen molar-refractivity contribution in [2.45, 2.75) is 31.8 Å². The van der Waals surface area contributed by atoms with Crippen molar-refractivity contribution in [3.05, 3.63) is 71.8 Å². The lowest BCUT2D eigenvalue weighted by molar-refractivity contribution is 0.0934. The molecule has 24 heavy (non-hydrogen) atoms. The third-order valence-electron chi connectivity index (χ3n) is 5.63. The fraction of sp³-hybridized carbons (Fsp3) is 0.381. The van der Waals surface area contributed by atoms with Crippen LogP contribution in [0.1, 0.15) is 35.2 Å². The van der Waals surface area contributed by atoms with Gasteiger partial charge in [0.25, 0.3) is 5.91 Å². The smallest absolute Gasteiger partial charge is 0.251 e. The third-order valence-corrected chi connectivity index (χ3v) is 5.63. The Morgan fingerprint density at radius 1 is 1.00 bits per heavy atom. The first kappa shape index (κ1) is 15.4. The minimum Gasteiger partial charge on any atom is -0.349 e. The zero-order valence-corrected chi connectivity index (χ0v) is 13.9. The lowest BCUT2D eigenvalue weighted by atomic mass is 9.92. The van der Waals surface area contributed by atoms with Crippen LogP contribution in [0.4, 0.5) is 0 Å². The number of likely N-dealkylation sites (tertiary alicyclic amines) is 1. The van der Waals surface area contributed by atoms with Crippen LogP contribution in [0.2, 0.25) is 0 Å². The van der Waals surface area contributed by atoms with Crippen molar-refractivity contribution >= 4 is 5.91 Å². The number of nitrogens with one attached hydrogen (secondary N) is 1. The van der Waals surface area contributed by atoms with Gasteiger partial charge in [-0.1, -0.05) is 48.5 Å². The summed E-state index contributed by atoms with van der Waals surface area (Å²) in [6.07, 6.45) is 3.53. The first-order chi connectivity index (χ1) is 11.8. The molecule has 4 rings (SSSR count). The molecule has 1 saturated carbocycles. The molecule has 1 atom stereocenters. The van der Waals surface area contributed by atoms with E-state index < -0.39 is 0 Å². The van der Waals surface area contributed by atoms with Crippen LogP contribution in [0.25, 0.3) is 0 Å². The summed E-state index contributed by atoms with van der Waals surface area (Å²) in [5, 5.41) is 3.24. The van der Waals surface area contributed by atoms with Gasteiger partial charge in [-0.15, -0.1) is 0 Å². The molecule has 3 heteroatoms. The molecule has 1 unspecified atom stereocenters. The molecular weight excluding hydrogens is 296 g/mol. The second-order valence-electron chi connectivity index (χ2n) is 7.22. The minimum absolute atomic E-state index is 0.0733. The SMILES string of the molecule is O=C(NC1CC12CCN(Cc1ccccc1)CC2)c1ccccc1. The average Bonchev–Trinajstić information content (AvgIpc) is 3.30. The summed E-state index contributed by atoms with van der Waals surface area (Å²) < 4.78 is 0. The summed E-state index contributed by atoms with van der Waals surface area (Å²) in [7, 11) is 0. The molecule has 1 heterocycles. The van der Waals surface area contributed by atoms with Gasteiger partial charge in [0.15, 0.2) is 0 Å². The quantitative estimate of drug-likeness (QED) is 0.935. The molecule has 2 aromatic rings. The van der Waals surface area contributed by atoms with Gasteiger partial charge in [0.05, 0.1) is 0 Å². The Kier molecular flexibility index (Phi) is 4.11. The molecule has 1 N–H and O–H groups in total. The number of hydrogen-bond donors (Lipinski definition) is 1. The maximum absolute atomic E-state index is 12.3. The van der Waals surface area contributed by atoms with Crippen molar-refractivity contribution < 1.29 is 4.79 Å². The van der Waals surface area contributed by atoms with E-state index in [1.54, 1.807) is 0 Å². The molecule has 0 radical (unpaired) electrons. The predicted octanol–water partition coefficient (Wildman–Crippen LogP) is 3.47. The van der Waals surface area contributed by atoms with Crippen LogP contribution in [0.3, 0.4) is 0 Å². The number of piperidine rings is 1. The second-order valence-corrected chi connectivity index (χ2v) is 7.22. The van der Waals surface area contributed by atoms with Crippen LogP contribution >= 0.6 is 0 Å². The fourth-order valence-electron chi connectivity index (χ4n) is 3.93. The van der Waals surface area contributed by atoms with Crippen LogP contribution in [0.15, 0.2) is 60.7 Å². The minimum atomic E-state index is 0.0733. The lowest BCUT2D eigenvalue weighted by Crippen LogP contribution is -2.38. The highest BCUT2D eigenvalue weighted by Gasteiger charge is 2.55. The number of carbonyl (C=O) groups excluding carboxylic acids is 1. The molecule has 2 fully saturated rings. The van der Waals surface area contributed by atoms with E-state index in [9.17, 15) is 4.79 Å². The molecule has 2 aromatic carbocycles. The van der Waals surface area contributed by atoms with Crippen LogP contribution in [-0.2, 0) is 6.54 Å². The number of rotatable bonds is 4. The van der Waals surface area contributed by atoms with Gasteiger partial charge in [-0.25, -0.2) is 0 Å². The van der Waals surface area contributed by atoms with Crippen LogP contribution in [-0.4, -0.2) is 29.9 Å². The third kappa shape index (κ3) is 3.22. The van der Waals surface area contributed by atoms with Gasteiger partial charge < -0.3 is 5.32 Å². The van der Waals surface area contributed by atoms with E-state index in [2.05, 4.69) is 40.5 Å². The number of benzene rings is 2. The molecular formula is C21H24N2O. The molecule has 1 spiro atoms. The largest absolute Gasteiger partial charge is 0.349 e. The Morgan fingerprint density at radius 3 is 2.29 bits per heavy atom. The van der Waals surface area contributed by atoms with Gasteiger partial charge in [-0.3, -0.25) is 9.69 Å². The predicted molar refractivity (Wildman–Crippen MR) is 95.7 cm³/mol. The first-order valence-electron chi connectivity index (χ1n) is 8.87. The molecule has 1 aliphatic carbocycles. The normalized spacial score (nSPS) is 22.2. The molecule has 0 bridgehead atoms. The highest BCUT2D eigenvalue weighted by atomic mass is 16.1. The Labute approximate surface area is 143 Å². The van der Waals surface area contributed by atoms with E-state index in [0.717, 1.165) is 31.6 Å². The lowest BCUT2D eigenvalue weighted by Gasteiger charge is -2.33. The summed E-state index contributed by atoms with van der Waals surface area (Å²) in [6.45, 7) is 3.30. The second kappa shape index (κ2) is 6.40. The highest BCUT2D eigenvalue weighted by molar-refractivity contribution is 5.94. The molecule has 3 nitrogen and oxygen atoms in total. The van der Waals surface area contributed by atoms with Crippen molar-refractivity contribution in [1.29, 1.82) is 0 Å². The van der Waals surface area contributed by atoms with E-state index in [0.29, 0.717) is 11.5 Å². The van der Waals surface area contributed by atoms with Crippen LogP contribution < -0.4 is 5.32 Å². The molecule has 2 aliphatic rings. The zero-order valence-electron chi connectivity index (χ0n) is 13.9.